The van der Waals surface area contributed by atoms with E-state index in [4.69, 9.17) is 0 Å². The predicted molar refractivity (Wildman–Crippen MR) is 47.2 cm³/mol. The molecule has 1 aliphatic carbocycles. The van der Waals surface area contributed by atoms with Crippen LogP contribution in [0.2, 0.25) is 0 Å². The van der Waals surface area contributed by atoms with Crippen LogP contribution in [0.3, 0.4) is 0 Å². The van der Waals surface area contributed by atoms with Crippen molar-refractivity contribution in [2.24, 2.45) is 0 Å². The number of aromatic nitrogens is 2. The van der Waals surface area contributed by atoms with Crippen LogP contribution in [0.5, 0.6) is 0 Å². The van der Waals surface area contributed by atoms with Crippen molar-refractivity contribution in [3.63, 3.8) is 0 Å². The molecule has 1 aliphatic heterocycles. The number of aliphatic hydroxyl groups is 1. The van der Waals surface area contributed by atoms with Crippen LogP contribution in [-0.4, -0.2) is 21.6 Å². The lowest BCUT2D eigenvalue weighted by Gasteiger charge is -2.16. The van der Waals surface area contributed by atoms with Gasteiger partial charge in [0.2, 0.25) is 0 Å². The summed E-state index contributed by atoms with van der Waals surface area (Å²) in [5.74, 6) is 1.71. The Balaban J connectivity index is 1.99. The molecular weight excluding hydrogens is 166 g/mol. The molecular formula is C9H13N3O. The van der Waals surface area contributed by atoms with Crippen molar-refractivity contribution in [2.45, 2.75) is 31.4 Å². The number of aromatic amines is 1. The Labute approximate surface area is 76.4 Å². The van der Waals surface area contributed by atoms with Gasteiger partial charge in [0.15, 0.2) is 0 Å². The Kier molecular flexibility index (Phi) is 1.48. The standard InChI is InChI=1S/C9H13N3O/c13-7-4-10-3-6-8(7)12-9(11-6)5-1-2-5/h5,7,10,13H,1-4H2,(H,11,12). The van der Waals surface area contributed by atoms with E-state index >= 15 is 0 Å². The number of β-amino-alcohol motifs (C(OH)–C–C–N with tert-alkyl or cyclic N) is 1. The minimum atomic E-state index is -0.424. The molecule has 4 heteroatoms. The van der Waals surface area contributed by atoms with E-state index in [1.165, 1.54) is 12.8 Å². The number of nitrogens with one attached hydrogen (secondary N) is 2. The maximum atomic E-state index is 9.63. The van der Waals surface area contributed by atoms with Gasteiger partial charge < -0.3 is 15.4 Å². The van der Waals surface area contributed by atoms with Crippen LogP contribution >= 0.6 is 0 Å². The van der Waals surface area contributed by atoms with Crippen molar-refractivity contribution in [1.29, 1.82) is 0 Å². The van der Waals surface area contributed by atoms with Gasteiger partial charge in [-0.25, -0.2) is 4.98 Å². The molecule has 0 bridgehead atoms. The van der Waals surface area contributed by atoms with Crippen molar-refractivity contribution in [2.75, 3.05) is 6.54 Å². The summed E-state index contributed by atoms with van der Waals surface area (Å²) in [6.07, 6.45) is 2.07. The van der Waals surface area contributed by atoms with Crippen LogP contribution < -0.4 is 5.32 Å². The smallest absolute Gasteiger partial charge is 0.110 e. The fraction of sp³-hybridized carbons (Fsp3) is 0.667. The number of H-pyrrole nitrogens is 1. The third kappa shape index (κ3) is 1.17. The van der Waals surface area contributed by atoms with Crippen LogP contribution in [0.25, 0.3) is 0 Å². The van der Waals surface area contributed by atoms with Crippen molar-refractivity contribution in [3.8, 4) is 0 Å². The summed E-state index contributed by atoms with van der Waals surface area (Å²) in [6, 6.07) is 0. The summed E-state index contributed by atoms with van der Waals surface area (Å²) in [7, 11) is 0. The van der Waals surface area contributed by atoms with Crippen molar-refractivity contribution in [1.82, 2.24) is 15.3 Å². The van der Waals surface area contributed by atoms with Gasteiger partial charge in [0.25, 0.3) is 0 Å². The third-order valence-corrected chi connectivity index (χ3v) is 2.75. The van der Waals surface area contributed by atoms with Crippen molar-refractivity contribution >= 4 is 0 Å². The molecule has 70 valence electrons. The Hall–Kier alpha value is -0.870. The van der Waals surface area contributed by atoms with Gasteiger partial charge in [-0.15, -0.1) is 0 Å². The number of aliphatic hydroxyl groups excluding tert-OH is 1. The van der Waals surface area contributed by atoms with E-state index < -0.39 is 6.10 Å². The summed E-state index contributed by atoms with van der Waals surface area (Å²) in [5, 5.41) is 12.8. The van der Waals surface area contributed by atoms with Gasteiger partial charge in [-0.1, -0.05) is 0 Å². The third-order valence-electron chi connectivity index (χ3n) is 2.75. The van der Waals surface area contributed by atoms with Crippen LogP contribution in [0.4, 0.5) is 0 Å². The normalized spacial score (nSPS) is 27.3. The minimum absolute atomic E-state index is 0.424. The topological polar surface area (TPSA) is 60.9 Å². The van der Waals surface area contributed by atoms with E-state index in [0.29, 0.717) is 12.5 Å². The first-order valence-electron chi connectivity index (χ1n) is 4.82. The maximum Gasteiger partial charge on any atom is 0.110 e. The predicted octanol–water partition coefficient (Wildman–Crippen LogP) is 0.424. The largest absolute Gasteiger partial charge is 0.385 e. The van der Waals surface area contributed by atoms with Gasteiger partial charge in [-0.05, 0) is 12.8 Å². The summed E-state index contributed by atoms with van der Waals surface area (Å²) >= 11 is 0. The lowest BCUT2D eigenvalue weighted by atomic mass is 10.1. The van der Waals surface area contributed by atoms with Gasteiger partial charge in [-0.2, -0.15) is 0 Å². The summed E-state index contributed by atoms with van der Waals surface area (Å²) in [5.41, 5.74) is 1.93. The average molecular weight is 179 g/mol. The van der Waals surface area contributed by atoms with Gasteiger partial charge in [0.05, 0.1) is 11.4 Å². The highest BCUT2D eigenvalue weighted by atomic mass is 16.3. The molecule has 0 radical (unpaired) electrons. The lowest BCUT2D eigenvalue weighted by Crippen LogP contribution is -2.27. The van der Waals surface area contributed by atoms with E-state index in [1.54, 1.807) is 0 Å². The molecule has 2 aliphatic rings. The van der Waals surface area contributed by atoms with Crippen LogP contribution in [-0.2, 0) is 6.54 Å². The van der Waals surface area contributed by atoms with Gasteiger partial charge in [-0.3, -0.25) is 0 Å². The second kappa shape index (κ2) is 2.56. The number of imidazole rings is 1. The van der Waals surface area contributed by atoms with Gasteiger partial charge in [0, 0.05) is 19.0 Å². The zero-order chi connectivity index (χ0) is 8.84. The molecule has 13 heavy (non-hydrogen) atoms. The zero-order valence-corrected chi connectivity index (χ0v) is 7.38. The number of nitrogens with zero attached hydrogens (tertiary/aromatic N) is 1. The highest BCUT2D eigenvalue weighted by molar-refractivity contribution is 5.23. The fourth-order valence-electron chi connectivity index (χ4n) is 1.83. The summed E-state index contributed by atoms with van der Waals surface area (Å²) in [4.78, 5) is 7.74. The number of fused-ring (bicyclic) bond motifs is 1. The van der Waals surface area contributed by atoms with Crippen LogP contribution in [0.1, 0.15) is 42.1 Å². The second-order valence-corrected chi connectivity index (χ2v) is 3.91. The van der Waals surface area contributed by atoms with Crippen molar-refractivity contribution < 1.29 is 5.11 Å². The molecule has 1 saturated carbocycles. The molecule has 2 heterocycles. The molecule has 4 nitrogen and oxygen atoms in total. The highest BCUT2D eigenvalue weighted by Crippen LogP contribution is 2.39. The minimum Gasteiger partial charge on any atom is -0.385 e. The zero-order valence-electron chi connectivity index (χ0n) is 7.38. The average Bonchev–Trinajstić information content (AvgIpc) is 2.87. The quantitative estimate of drug-likeness (QED) is 0.585. The maximum absolute atomic E-state index is 9.63. The van der Waals surface area contributed by atoms with E-state index in [-0.39, 0.29) is 0 Å². The Bertz CT molecular complexity index is 330. The first-order valence-corrected chi connectivity index (χ1v) is 4.82. The molecule has 0 spiro atoms. The van der Waals surface area contributed by atoms with Gasteiger partial charge in [0.1, 0.15) is 11.9 Å². The molecule has 1 atom stereocenters. The Morgan fingerprint density at radius 3 is 2.92 bits per heavy atom. The molecule has 1 unspecified atom stereocenters. The van der Waals surface area contributed by atoms with Crippen LogP contribution in [0, 0.1) is 0 Å². The van der Waals surface area contributed by atoms with E-state index in [0.717, 1.165) is 23.8 Å². The second-order valence-electron chi connectivity index (χ2n) is 3.91. The molecule has 1 aromatic heterocycles. The number of hydrogen-bond donors (Lipinski definition) is 3. The number of rotatable bonds is 1. The fourth-order valence-corrected chi connectivity index (χ4v) is 1.83. The summed E-state index contributed by atoms with van der Waals surface area (Å²) < 4.78 is 0. The first-order chi connectivity index (χ1) is 6.34. The molecule has 3 rings (SSSR count). The van der Waals surface area contributed by atoms with E-state index in [9.17, 15) is 5.11 Å². The Morgan fingerprint density at radius 2 is 2.23 bits per heavy atom. The Morgan fingerprint density at radius 1 is 1.38 bits per heavy atom. The molecule has 0 aromatic carbocycles. The van der Waals surface area contributed by atoms with Gasteiger partial charge >= 0.3 is 0 Å². The van der Waals surface area contributed by atoms with Crippen LogP contribution in [0.15, 0.2) is 0 Å². The monoisotopic (exact) mass is 179 g/mol. The molecule has 0 amide bonds. The molecule has 3 N–H and O–H groups in total. The molecule has 1 aromatic rings. The SMILES string of the molecule is OC1CNCc2[nH]c(C3CC3)nc21. The van der Waals surface area contributed by atoms with E-state index in [2.05, 4.69) is 15.3 Å². The number of hydrogen-bond acceptors (Lipinski definition) is 3. The van der Waals surface area contributed by atoms with E-state index in [1.807, 2.05) is 0 Å². The highest BCUT2D eigenvalue weighted by Gasteiger charge is 2.30. The molecule has 1 fully saturated rings. The summed E-state index contributed by atoms with van der Waals surface area (Å²) in [6.45, 7) is 1.44. The first kappa shape index (κ1) is 7.53. The molecule has 0 saturated heterocycles. The van der Waals surface area contributed by atoms with Crippen molar-refractivity contribution in [3.05, 3.63) is 17.2 Å². The lowest BCUT2D eigenvalue weighted by molar-refractivity contribution is 0.160.